The van der Waals surface area contributed by atoms with Crippen molar-refractivity contribution < 1.29 is 9.47 Å². The van der Waals surface area contributed by atoms with Crippen LogP contribution in [0.25, 0.3) is 10.9 Å². The fourth-order valence-electron chi connectivity index (χ4n) is 4.81. The van der Waals surface area contributed by atoms with E-state index in [1.165, 1.54) is 30.4 Å². The monoisotopic (exact) mass is 493 g/mol. The summed E-state index contributed by atoms with van der Waals surface area (Å²) in [6.07, 6.45) is 6.91. The molecule has 0 spiro atoms. The molecular formula is C28H35N3O3S. The number of ether oxygens (including phenoxy) is 2. The van der Waals surface area contributed by atoms with Crippen LogP contribution in [-0.4, -0.2) is 41.8 Å². The zero-order chi connectivity index (χ0) is 24.8. The van der Waals surface area contributed by atoms with Crippen molar-refractivity contribution in [2.45, 2.75) is 58.0 Å². The number of nitrogens with zero attached hydrogens (tertiary/aromatic N) is 1. The highest BCUT2D eigenvalue weighted by molar-refractivity contribution is 7.80. The zero-order valence-corrected chi connectivity index (χ0v) is 21.7. The number of benzene rings is 2. The summed E-state index contributed by atoms with van der Waals surface area (Å²) < 4.78 is 10.8. The van der Waals surface area contributed by atoms with Crippen LogP contribution in [0.4, 0.5) is 0 Å². The number of rotatable bonds is 8. The molecule has 0 unspecified atom stereocenters. The molecule has 0 bridgehead atoms. The molecule has 7 heteroatoms. The minimum atomic E-state index is -0.119. The molecule has 0 atom stereocenters. The van der Waals surface area contributed by atoms with Crippen molar-refractivity contribution in [3.8, 4) is 11.5 Å². The van der Waals surface area contributed by atoms with E-state index >= 15 is 0 Å². The first-order valence-corrected chi connectivity index (χ1v) is 12.8. The smallest absolute Gasteiger partial charge is 0.253 e. The number of aromatic amines is 1. The summed E-state index contributed by atoms with van der Waals surface area (Å²) in [5.41, 5.74) is 3.82. The average molecular weight is 494 g/mol. The van der Waals surface area contributed by atoms with Gasteiger partial charge in [-0.25, -0.2) is 0 Å². The van der Waals surface area contributed by atoms with Crippen LogP contribution >= 0.6 is 12.2 Å². The van der Waals surface area contributed by atoms with Crippen LogP contribution in [0.5, 0.6) is 11.5 Å². The van der Waals surface area contributed by atoms with Crippen molar-refractivity contribution in [1.82, 2.24) is 15.2 Å². The third kappa shape index (κ3) is 6.14. The SMILES string of the molecule is COc1cc2cc(CN(CCc3ccccc3C)C(=S)NC3CCCCC3)c(=O)[nH]c2cc1OC. The average Bonchev–Trinajstić information content (AvgIpc) is 2.87. The topological polar surface area (TPSA) is 66.6 Å². The largest absolute Gasteiger partial charge is 0.493 e. The lowest BCUT2D eigenvalue weighted by atomic mass is 9.96. The van der Waals surface area contributed by atoms with Crippen LogP contribution in [0.15, 0.2) is 47.3 Å². The molecule has 35 heavy (non-hydrogen) atoms. The van der Waals surface area contributed by atoms with Gasteiger partial charge < -0.3 is 24.7 Å². The highest BCUT2D eigenvalue weighted by Crippen LogP contribution is 2.31. The third-order valence-corrected chi connectivity index (χ3v) is 7.29. The molecule has 0 aliphatic heterocycles. The Morgan fingerprint density at radius 2 is 1.77 bits per heavy atom. The molecule has 1 fully saturated rings. The van der Waals surface area contributed by atoms with E-state index in [9.17, 15) is 4.79 Å². The van der Waals surface area contributed by atoms with Gasteiger partial charge in [-0.2, -0.15) is 0 Å². The number of nitrogens with one attached hydrogen (secondary N) is 2. The Hall–Kier alpha value is -3.06. The van der Waals surface area contributed by atoms with Gasteiger partial charge in [0, 0.05) is 29.6 Å². The molecule has 3 aromatic rings. The molecule has 2 aromatic carbocycles. The van der Waals surface area contributed by atoms with Crippen LogP contribution < -0.4 is 20.3 Å². The molecule has 0 saturated heterocycles. The second-order valence-corrected chi connectivity index (χ2v) is 9.69. The number of aryl methyl sites for hydroxylation is 1. The number of H-pyrrole nitrogens is 1. The van der Waals surface area contributed by atoms with Gasteiger partial charge in [0.05, 0.1) is 26.3 Å². The minimum Gasteiger partial charge on any atom is -0.493 e. The fourth-order valence-corrected chi connectivity index (χ4v) is 5.14. The Morgan fingerprint density at radius 3 is 2.49 bits per heavy atom. The molecule has 4 rings (SSSR count). The van der Waals surface area contributed by atoms with Gasteiger partial charge in [-0.3, -0.25) is 4.79 Å². The van der Waals surface area contributed by atoms with E-state index in [-0.39, 0.29) is 5.56 Å². The van der Waals surface area contributed by atoms with Gasteiger partial charge in [-0.05, 0) is 61.7 Å². The maximum atomic E-state index is 13.0. The van der Waals surface area contributed by atoms with Crippen molar-refractivity contribution in [3.63, 3.8) is 0 Å². The van der Waals surface area contributed by atoms with Gasteiger partial charge in [0.25, 0.3) is 5.56 Å². The highest BCUT2D eigenvalue weighted by atomic mass is 32.1. The van der Waals surface area contributed by atoms with Crippen molar-refractivity contribution in [2.75, 3.05) is 20.8 Å². The van der Waals surface area contributed by atoms with Crippen LogP contribution in [0.3, 0.4) is 0 Å². The van der Waals surface area contributed by atoms with Crippen molar-refractivity contribution in [3.05, 3.63) is 69.5 Å². The number of pyridine rings is 1. The molecule has 0 radical (unpaired) electrons. The summed E-state index contributed by atoms with van der Waals surface area (Å²) in [5, 5.41) is 5.20. The van der Waals surface area contributed by atoms with E-state index in [0.29, 0.717) is 35.2 Å². The molecule has 2 N–H and O–H groups in total. The Labute approximate surface area is 212 Å². The molecule has 1 aliphatic carbocycles. The van der Waals surface area contributed by atoms with Gasteiger partial charge in [0.2, 0.25) is 0 Å². The van der Waals surface area contributed by atoms with Crippen LogP contribution in [-0.2, 0) is 13.0 Å². The predicted octanol–water partition coefficient (Wildman–Crippen LogP) is 5.11. The first-order chi connectivity index (χ1) is 17.0. The molecule has 6 nitrogen and oxygen atoms in total. The van der Waals surface area contributed by atoms with Crippen molar-refractivity contribution >= 4 is 28.2 Å². The molecular weight excluding hydrogens is 458 g/mol. The third-order valence-electron chi connectivity index (χ3n) is 6.92. The van der Waals surface area contributed by atoms with Crippen LogP contribution in [0.1, 0.15) is 48.8 Å². The summed E-state index contributed by atoms with van der Waals surface area (Å²) in [7, 11) is 3.20. The number of hydrogen-bond donors (Lipinski definition) is 2. The quantitative estimate of drug-likeness (QED) is 0.426. The Kier molecular flexibility index (Phi) is 8.29. The minimum absolute atomic E-state index is 0.119. The van der Waals surface area contributed by atoms with Gasteiger partial charge in [0.1, 0.15) is 0 Å². The number of methoxy groups -OCH3 is 2. The molecule has 1 aliphatic rings. The normalized spacial score (nSPS) is 14.0. The molecule has 1 heterocycles. The Balaban J connectivity index is 1.60. The van der Waals surface area contributed by atoms with Crippen molar-refractivity contribution in [1.29, 1.82) is 0 Å². The van der Waals surface area contributed by atoms with E-state index in [1.54, 1.807) is 20.3 Å². The summed E-state index contributed by atoms with van der Waals surface area (Å²) in [4.78, 5) is 18.2. The second-order valence-electron chi connectivity index (χ2n) is 9.30. The first-order valence-electron chi connectivity index (χ1n) is 12.4. The lowest BCUT2D eigenvalue weighted by Crippen LogP contribution is -2.46. The lowest BCUT2D eigenvalue weighted by molar-refractivity contribution is 0.355. The first kappa shape index (κ1) is 25.0. The number of fused-ring (bicyclic) bond motifs is 1. The van der Waals surface area contributed by atoms with E-state index in [1.807, 2.05) is 12.1 Å². The van der Waals surface area contributed by atoms with Crippen LogP contribution in [0.2, 0.25) is 0 Å². The maximum absolute atomic E-state index is 13.0. The summed E-state index contributed by atoms with van der Waals surface area (Å²) in [5.74, 6) is 1.21. The number of aromatic nitrogens is 1. The molecule has 1 aromatic heterocycles. The van der Waals surface area contributed by atoms with E-state index in [2.05, 4.69) is 46.4 Å². The van der Waals surface area contributed by atoms with E-state index in [4.69, 9.17) is 21.7 Å². The van der Waals surface area contributed by atoms with E-state index in [0.717, 1.165) is 36.3 Å². The molecule has 186 valence electrons. The molecule has 1 saturated carbocycles. The number of thiocarbonyl (C=S) groups is 1. The lowest BCUT2D eigenvalue weighted by Gasteiger charge is -2.31. The Bertz CT molecular complexity index is 1230. The van der Waals surface area contributed by atoms with Gasteiger partial charge in [0.15, 0.2) is 16.6 Å². The van der Waals surface area contributed by atoms with Crippen molar-refractivity contribution in [2.24, 2.45) is 0 Å². The highest BCUT2D eigenvalue weighted by Gasteiger charge is 2.19. The number of hydrogen-bond acceptors (Lipinski definition) is 4. The summed E-state index contributed by atoms with van der Waals surface area (Å²) in [6, 6.07) is 14.4. The maximum Gasteiger partial charge on any atom is 0.253 e. The molecule has 0 amide bonds. The zero-order valence-electron chi connectivity index (χ0n) is 20.9. The standard InChI is InChI=1S/C28H35N3O3S/c1-19-9-7-8-10-20(19)13-14-31(28(35)29-23-11-5-4-6-12-23)18-22-15-21-16-25(33-2)26(34-3)17-24(21)30-27(22)32/h7-10,15-17,23H,4-6,11-14,18H2,1-3H3,(H,29,35)(H,30,32). The van der Waals surface area contributed by atoms with Gasteiger partial charge in [-0.1, -0.05) is 43.5 Å². The Morgan fingerprint density at radius 1 is 1.06 bits per heavy atom. The second kappa shape index (κ2) is 11.6. The van der Waals surface area contributed by atoms with E-state index < -0.39 is 0 Å². The van der Waals surface area contributed by atoms with Gasteiger partial charge >= 0.3 is 0 Å². The van der Waals surface area contributed by atoms with Gasteiger partial charge in [-0.15, -0.1) is 0 Å². The summed E-state index contributed by atoms with van der Waals surface area (Å²) in [6.45, 7) is 3.30. The summed E-state index contributed by atoms with van der Waals surface area (Å²) >= 11 is 5.88. The predicted molar refractivity (Wildman–Crippen MR) is 146 cm³/mol. The fraction of sp³-hybridized carbons (Fsp3) is 0.429. The van der Waals surface area contributed by atoms with Crippen LogP contribution in [0, 0.1) is 6.92 Å².